The number of anilines is 1. The Bertz CT molecular complexity index is 597. The van der Waals surface area contributed by atoms with Crippen LogP contribution in [0, 0.1) is 0 Å². The lowest BCUT2D eigenvalue weighted by atomic mass is 9.95. The fraction of sp³-hybridized carbons (Fsp3) is 0.467. The van der Waals surface area contributed by atoms with Crippen LogP contribution in [0.5, 0.6) is 0 Å². The van der Waals surface area contributed by atoms with Crippen molar-refractivity contribution in [2.45, 2.75) is 37.6 Å². The summed E-state index contributed by atoms with van der Waals surface area (Å²) in [6.07, 6.45) is 3.78. The Morgan fingerprint density at radius 2 is 1.86 bits per heavy atom. The maximum Gasteiger partial charge on any atom is 0.252 e. The highest BCUT2D eigenvalue weighted by molar-refractivity contribution is 9.11. The van der Waals surface area contributed by atoms with Crippen LogP contribution in [0.25, 0.3) is 0 Å². The second-order valence-corrected chi connectivity index (χ2v) is 7.41. The fourth-order valence-electron chi connectivity index (χ4n) is 3.20. The Hall–Kier alpha value is -0.880. The van der Waals surface area contributed by atoms with Gasteiger partial charge in [0, 0.05) is 21.9 Å². The number of carbonyl (C=O) groups is 2. The molecular formula is C15H16Br2N2O2. The smallest absolute Gasteiger partial charge is 0.252 e. The minimum absolute atomic E-state index is 0.0182. The molecule has 112 valence electrons. The van der Waals surface area contributed by atoms with Crippen molar-refractivity contribution in [3.8, 4) is 0 Å². The molecule has 0 unspecified atom stereocenters. The van der Waals surface area contributed by atoms with Gasteiger partial charge in [-0.3, -0.25) is 9.59 Å². The zero-order chi connectivity index (χ0) is 15.0. The second-order valence-electron chi connectivity index (χ2n) is 5.64. The van der Waals surface area contributed by atoms with E-state index in [0.717, 1.165) is 40.3 Å². The first-order valence-corrected chi connectivity index (χ1v) is 8.68. The van der Waals surface area contributed by atoms with Crippen LogP contribution in [0.3, 0.4) is 0 Å². The van der Waals surface area contributed by atoms with Crippen molar-refractivity contribution in [1.29, 1.82) is 0 Å². The quantitative estimate of drug-likeness (QED) is 0.764. The number of hydrogen-bond acceptors (Lipinski definition) is 2. The van der Waals surface area contributed by atoms with E-state index >= 15 is 0 Å². The van der Waals surface area contributed by atoms with Gasteiger partial charge in [-0.15, -0.1) is 0 Å². The normalized spacial score (nSPS) is 21.5. The lowest BCUT2D eigenvalue weighted by molar-refractivity contribution is -0.129. The molecule has 2 aliphatic rings. The minimum atomic E-state index is -0.699. The highest BCUT2D eigenvalue weighted by atomic mass is 79.9. The average Bonchev–Trinajstić information content (AvgIpc) is 2.87. The van der Waals surface area contributed by atoms with Gasteiger partial charge in [-0.25, -0.2) is 0 Å². The summed E-state index contributed by atoms with van der Waals surface area (Å²) in [5, 5.41) is 2.98. The molecule has 0 bridgehead atoms. The van der Waals surface area contributed by atoms with Crippen molar-refractivity contribution in [3.05, 3.63) is 27.1 Å². The van der Waals surface area contributed by atoms with Crippen molar-refractivity contribution < 1.29 is 9.59 Å². The standard InChI is InChI=1S/C15H16Br2N2O2/c16-10-3-4-11(17)12(9-10)19-8-5-13(20)18-15(14(19)21)6-1-2-7-15/h3-4,9H,1-2,5-8H2,(H,18,20). The number of carbonyl (C=O) groups excluding carboxylic acids is 2. The molecule has 1 aromatic carbocycles. The van der Waals surface area contributed by atoms with Crippen molar-refractivity contribution >= 4 is 49.4 Å². The molecule has 4 nitrogen and oxygen atoms in total. The number of halogens is 2. The van der Waals surface area contributed by atoms with Gasteiger partial charge in [0.1, 0.15) is 5.54 Å². The number of hydrogen-bond donors (Lipinski definition) is 1. The van der Waals surface area contributed by atoms with Gasteiger partial charge in [0.2, 0.25) is 5.91 Å². The van der Waals surface area contributed by atoms with Gasteiger partial charge in [0.05, 0.1) is 5.69 Å². The molecule has 21 heavy (non-hydrogen) atoms. The topological polar surface area (TPSA) is 49.4 Å². The summed E-state index contributed by atoms with van der Waals surface area (Å²) in [6, 6.07) is 5.75. The van der Waals surface area contributed by atoms with E-state index in [0.29, 0.717) is 13.0 Å². The van der Waals surface area contributed by atoms with Crippen molar-refractivity contribution in [2.24, 2.45) is 0 Å². The van der Waals surface area contributed by atoms with Gasteiger partial charge < -0.3 is 10.2 Å². The maximum atomic E-state index is 13.1. The zero-order valence-electron chi connectivity index (χ0n) is 11.5. The van der Waals surface area contributed by atoms with E-state index in [1.54, 1.807) is 4.90 Å². The molecule has 1 saturated carbocycles. The van der Waals surface area contributed by atoms with Crippen LogP contribution < -0.4 is 10.2 Å². The number of amides is 2. The van der Waals surface area contributed by atoms with Crippen LogP contribution >= 0.6 is 31.9 Å². The summed E-state index contributed by atoms with van der Waals surface area (Å²) in [6.45, 7) is 0.418. The molecule has 1 saturated heterocycles. The van der Waals surface area contributed by atoms with Crippen molar-refractivity contribution in [2.75, 3.05) is 11.4 Å². The molecule has 1 aromatic rings. The van der Waals surface area contributed by atoms with Gasteiger partial charge in [0.15, 0.2) is 0 Å². The van der Waals surface area contributed by atoms with Crippen LogP contribution in [0.1, 0.15) is 32.1 Å². The van der Waals surface area contributed by atoms with E-state index in [1.165, 1.54) is 0 Å². The third-order valence-corrected chi connectivity index (χ3v) is 5.42. The first kappa shape index (κ1) is 15.0. The highest BCUT2D eigenvalue weighted by Gasteiger charge is 2.47. The first-order chi connectivity index (χ1) is 10.0. The molecule has 0 aromatic heterocycles. The predicted molar refractivity (Wildman–Crippen MR) is 88.2 cm³/mol. The van der Waals surface area contributed by atoms with Crippen LogP contribution in [0.4, 0.5) is 5.69 Å². The van der Waals surface area contributed by atoms with E-state index in [2.05, 4.69) is 37.2 Å². The fourth-order valence-corrected chi connectivity index (χ4v) is 4.01. The van der Waals surface area contributed by atoms with Gasteiger partial charge in [-0.05, 0) is 47.0 Å². The Morgan fingerprint density at radius 3 is 2.57 bits per heavy atom. The van der Waals surface area contributed by atoms with Crippen LogP contribution in [-0.4, -0.2) is 23.9 Å². The first-order valence-electron chi connectivity index (χ1n) is 7.10. The summed E-state index contributed by atoms with van der Waals surface area (Å²) in [4.78, 5) is 26.8. The van der Waals surface area contributed by atoms with Gasteiger partial charge in [-0.2, -0.15) is 0 Å². The lowest BCUT2D eigenvalue weighted by Gasteiger charge is -2.32. The summed E-state index contributed by atoms with van der Waals surface area (Å²) in [5.41, 5.74) is 0.118. The Balaban J connectivity index is 2.02. The van der Waals surface area contributed by atoms with Gasteiger partial charge >= 0.3 is 0 Å². The molecule has 1 heterocycles. The largest absolute Gasteiger partial charge is 0.342 e. The summed E-state index contributed by atoms with van der Waals surface area (Å²) in [5.74, 6) is -0.0106. The average molecular weight is 416 g/mol. The molecular weight excluding hydrogens is 400 g/mol. The Labute approximate surface area is 140 Å². The van der Waals surface area contributed by atoms with Gasteiger partial charge in [0.25, 0.3) is 5.91 Å². The number of rotatable bonds is 1. The van der Waals surface area contributed by atoms with Crippen molar-refractivity contribution in [1.82, 2.24) is 5.32 Å². The minimum Gasteiger partial charge on any atom is -0.342 e. The molecule has 3 rings (SSSR count). The molecule has 1 spiro atoms. The molecule has 2 amide bonds. The van der Waals surface area contributed by atoms with Crippen LogP contribution in [0.2, 0.25) is 0 Å². The molecule has 1 aliphatic carbocycles. The maximum absolute atomic E-state index is 13.1. The highest BCUT2D eigenvalue weighted by Crippen LogP contribution is 2.37. The molecule has 1 aliphatic heterocycles. The van der Waals surface area contributed by atoms with E-state index in [-0.39, 0.29) is 11.8 Å². The molecule has 2 fully saturated rings. The van der Waals surface area contributed by atoms with Gasteiger partial charge in [-0.1, -0.05) is 28.8 Å². The second kappa shape index (κ2) is 5.72. The zero-order valence-corrected chi connectivity index (χ0v) is 14.7. The molecule has 1 N–H and O–H groups in total. The van der Waals surface area contributed by atoms with E-state index < -0.39 is 5.54 Å². The monoisotopic (exact) mass is 414 g/mol. The van der Waals surface area contributed by atoms with E-state index in [4.69, 9.17) is 0 Å². The number of nitrogens with one attached hydrogen (secondary N) is 1. The summed E-state index contributed by atoms with van der Waals surface area (Å²) in [7, 11) is 0. The van der Waals surface area contributed by atoms with Crippen molar-refractivity contribution in [3.63, 3.8) is 0 Å². The SMILES string of the molecule is O=C1CCN(c2cc(Br)ccc2Br)C(=O)C2(CCCC2)N1. The Morgan fingerprint density at radius 1 is 1.14 bits per heavy atom. The third kappa shape index (κ3) is 2.75. The van der Waals surface area contributed by atoms with Crippen LogP contribution in [0.15, 0.2) is 27.1 Å². The summed E-state index contributed by atoms with van der Waals surface area (Å²) < 4.78 is 1.78. The van der Waals surface area contributed by atoms with E-state index in [1.807, 2.05) is 18.2 Å². The Kier molecular flexibility index (Phi) is 4.10. The molecule has 6 heteroatoms. The predicted octanol–water partition coefficient (Wildman–Crippen LogP) is 3.38. The van der Waals surface area contributed by atoms with Crippen LogP contribution in [-0.2, 0) is 9.59 Å². The van der Waals surface area contributed by atoms with E-state index in [9.17, 15) is 9.59 Å². The number of nitrogens with zero attached hydrogens (tertiary/aromatic N) is 1. The molecule has 0 radical (unpaired) electrons. The molecule has 0 atom stereocenters. The third-order valence-electron chi connectivity index (χ3n) is 4.25. The number of benzene rings is 1. The summed E-state index contributed by atoms with van der Waals surface area (Å²) >= 11 is 6.96. The lowest BCUT2D eigenvalue weighted by Crippen LogP contribution is -2.55.